The lowest BCUT2D eigenvalue weighted by Gasteiger charge is -2.17. The van der Waals surface area contributed by atoms with E-state index < -0.39 is 6.61 Å². The van der Waals surface area contributed by atoms with Gasteiger partial charge >= 0.3 is 6.61 Å². The van der Waals surface area contributed by atoms with Crippen LogP contribution in [0.25, 0.3) is 0 Å². The van der Waals surface area contributed by atoms with Gasteiger partial charge in [-0.2, -0.15) is 8.78 Å². The SMILES string of the molecule is CN(CCCc1nccn1C)C(=O)c1cccc(OC(F)F)c1. The van der Waals surface area contributed by atoms with E-state index in [-0.39, 0.29) is 11.7 Å². The van der Waals surface area contributed by atoms with Crippen LogP contribution >= 0.6 is 0 Å². The fourth-order valence-electron chi connectivity index (χ4n) is 2.24. The van der Waals surface area contributed by atoms with Crippen LogP contribution in [0.1, 0.15) is 22.6 Å². The molecule has 1 aromatic heterocycles. The van der Waals surface area contributed by atoms with Crippen molar-refractivity contribution < 1.29 is 18.3 Å². The summed E-state index contributed by atoms with van der Waals surface area (Å²) in [6, 6.07) is 5.82. The second-order valence-electron chi connectivity index (χ2n) is 5.19. The highest BCUT2D eigenvalue weighted by Crippen LogP contribution is 2.17. The molecule has 5 nitrogen and oxygen atoms in total. The quantitative estimate of drug-likeness (QED) is 0.787. The van der Waals surface area contributed by atoms with Crippen LogP contribution in [0, 0.1) is 0 Å². The third-order valence-corrected chi connectivity index (χ3v) is 3.47. The highest BCUT2D eigenvalue weighted by molar-refractivity contribution is 5.94. The Bertz CT molecular complexity index is 658. The van der Waals surface area contributed by atoms with Crippen molar-refractivity contribution in [2.24, 2.45) is 7.05 Å². The Kier molecular flexibility index (Phi) is 5.67. The summed E-state index contributed by atoms with van der Waals surface area (Å²) in [7, 11) is 3.60. The van der Waals surface area contributed by atoms with Crippen LogP contribution in [-0.2, 0) is 13.5 Å². The van der Waals surface area contributed by atoms with Crippen molar-refractivity contribution in [2.75, 3.05) is 13.6 Å². The molecular formula is C16H19F2N3O2. The van der Waals surface area contributed by atoms with Gasteiger partial charge in [-0.25, -0.2) is 4.98 Å². The van der Waals surface area contributed by atoms with Crippen LogP contribution in [0.3, 0.4) is 0 Å². The molecule has 2 aromatic rings. The zero-order valence-corrected chi connectivity index (χ0v) is 13.1. The molecule has 0 aliphatic heterocycles. The molecule has 0 radical (unpaired) electrons. The summed E-state index contributed by atoms with van der Waals surface area (Å²) in [6.45, 7) is -2.36. The third-order valence-electron chi connectivity index (χ3n) is 3.47. The lowest BCUT2D eigenvalue weighted by molar-refractivity contribution is -0.0499. The van der Waals surface area contributed by atoms with Gasteiger partial charge in [0.1, 0.15) is 11.6 Å². The molecular weight excluding hydrogens is 304 g/mol. The van der Waals surface area contributed by atoms with Crippen molar-refractivity contribution in [2.45, 2.75) is 19.5 Å². The highest BCUT2D eigenvalue weighted by atomic mass is 19.3. The van der Waals surface area contributed by atoms with E-state index >= 15 is 0 Å². The number of halogens is 2. The first-order valence-corrected chi connectivity index (χ1v) is 7.24. The van der Waals surface area contributed by atoms with Crippen molar-refractivity contribution in [1.82, 2.24) is 14.5 Å². The van der Waals surface area contributed by atoms with Crippen molar-refractivity contribution in [3.8, 4) is 5.75 Å². The van der Waals surface area contributed by atoms with Gasteiger partial charge in [0.15, 0.2) is 0 Å². The molecule has 0 N–H and O–H groups in total. The molecule has 0 saturated carbocycles. The summed E-state index contributed by atoms with van der Waals surface area (Å²) in [6.07, 6.45) is 5.13. The molecule has 2 rings (SSSR count). The average Bonchev–Trinajstić information content (AvgIpc) is 2.91. The van der Waals surface area contributed by atoms with Crippen molar-refractivity contribution in [3.05, 3.63) is 48.0 Å². The van der Waals surface area contributed by atoms with Crippen molar-refractivity contribution >= 4 is 5.91 Å². The number of benzene rings is 1. The number of hydrogen-bond acceptors (Lipinski definition) is 3. The molecule has 1 aromatic carbocycles. The Morgan fingerprint density at radius 2 is 2.22 bits per heavy atom. The predicted octanol–water partition coefficient (Wildman–Crippen LogP) is 2.73. The number of rotatable bonds is 7. The van der Waals surface area contributed by atoms with E-state index in [0.717, 1.165) is 18.7 Å². The lowest BCUT2D eigenvalue weighted by atomic mass is 10.2. The number of alkyl halides is 2. The molecule has 124 valence electrons. The molecule has 0 bridgehead atoms. The van der Waals surface area contributed by atoms with E-state index in [9.17, 15) is 13.6 Å². The first kappa shape index (κ1) is 16.9. The molecule has 0 aliphatic rings. The number of ether oxygens (including phenoxy) is 1. The number of carbonyl (C=O) groups is 1. The summed E-state index contributed by atoms with van der Waals surface area (Å²) >= 11 is 0. The van der Waals surface area contributed by atoms with E-state index in [1.165, 1.54) is 18.2 Å². The van der Waals surface area contributed by atoms with Crippen LogP contribution < -0.4 is 4.74 Å². The third kappa shape index (κ3) is 4.77. The number of carbonyl (C=O) groups excluding carboxylic acids is 1. The Morgan fingerprint density at radius 1 is 1.43 bits per heavy atom. The summed E-state index contributed by atoms with van der Waals surface area (Å²) in [5.74, 6) is 0.704. The lowest BCUT2D eigenvalue weighted by Crippen LogP contribution is -2.28. The van der Waals surface area contributed by atoms with E-state index in [2.05, 4.69) is 9.72 Å². The van der Waals surface area contributed by atoms with Gasteiger partial charge in [-0.3, -0.25) is 4.79 Å². The standard InChI is InChI=1S/C16H19F2N3O2/c1-20-10-8-19-14(20)7-4-9-21(2)15(22)12-5-3-6-13(11-12)23-16(17)18/h3,5-6,8,10-11,16H,4,7,9H2,1-2H3. The molecule has 0 saturated heterocycles. The maximum Gasteiger partial charge on any atom is 0.387 e. The summed E-state index contributed by atoms with van der Waals surface area (Å²) in [4.78, 5) is 18.1. The molecule has 0 aliphatic carbocycles. The van der Waals surface area contributed by atoms with Gasteiger partial charge in [0.2, 0.25) is 0 Å². The number of aryl methyl sites for hydroxylation is 2. The molecule has 0 atom stereocenters. The second kappa shape index (κ2) is 7.71. The molecule has 1 amide bonds. The van der Waals surface area contributed by atoms with E-state index in [1.807, 2.05) is 17.8 Å². The Hall–Kier alpha value is -2.44. The molecule has 1 heterocycles. The number of imidazole rings is 1. The number of amides is 1. The molecule has 0 unspecified atom stereocenters. The normalized spacial score (nSPS) is 10.8. The maximum atomic E-state index is 12.3. The van der Waals surface area contributed by atoms with Crippen LogP contribution in [0.4, 0.5) is 8.78 Å². The molecule has 0 fully saturated rings. The Labute approximate surface area is 133 Å². The highest BCUT2D eigenvalue weighted by Gasteiger charge is 2.13. The number of aromatic nitrogens is 2. The fourth-order valence-corrected chi connectivity index (χ4v) is 2.24. The van der Waals surface area contributed by atoms with Crippen LogP contribution in [0.5, 0.6) is 5.75 Å². The minimum absolute atomic E-state index is 0.0211. The predicted molar refractivity (Wildman–Crippen MR) is 81.6 cm³/mol. The van der Waals surface area contributed by atoms with Crippen LogP contribution in [0.2, 0.25) is 0 Å². The van der Waals surface area contributed by atoms with Gasteiger partial charge in [-0.15, -0.1) is 0 Å². The zero-order chi connectivity index (χ0) is 16.8. The number of hydrogen-bond donors (Lipinski definition) is 0. The summed E-state index contributed by atoms with van der Waals surface area (Å²) in [5, 5.41) is 0. The van der Waals surface area contributed by atoms with Crippen molar-refractivity contribution in [1.29, 1.82) is 0 Å². The van der Waals surface area contributed by atoms with Crippen molar-refractivity contribution in [3.63, 3.8) is 0 Å². The molecule has 23 heavy (non-hydrogen) atoms. The fraction of sp³-hybridized carbons (Fsp3) is 0.375. The zero-order valence-electron chi connectivity index (χ0n) is 13.1. The topological polar surface area (TPSA) is 47.4 Å². The minimum Gasteiger partial charge on any atom is -0.435 e. The van der Waals surface area contributed by atoms with Gasteiger partial charge < -0.3 is 14.2 Å². The monoisotopic (exact) mass is 323 g/mol. The van der Waals surface area contributed by atoms with E-state index in [0.29, 0.717) is 12.1 Å². The van der Waals surface area contributed by atoms with E-state index in [4.69, 9.17) is 0 Å². The van der Waals surface area contributed by atoms with Gasteiger partial charge in [0, 0.05) is 45.0 Å². The van der Waals surface area contributed by atoms with E-state index in [1.54, 1.807) is 24.2 Å². The van der Waals surface area contributed by atoms with Gasteiger partial charge in [0.05, 0.1) is 0 Å². The Balaban J connectivity index is 1.90. The summed E-state index contributed by atoms with van der Waals surface area (Å²) < 4.78 is 30.7. The maximum absolute atomic E-state index is 12.3. The first-order chi connectivity index (χ1) is 11.0. The van der Waals surface area contributed by atoms with Gasteiger partial charge in [-0.1, -0.05) is 6.07 Å². The average molecular weight is 323 g/mol. The largest absolute Gasteiger partial charge is 0.435 e. The second-order valence-corrected chi connectivity index (χ2v) is 5.19. The smallest absolute Gasteiger partial charge is 0.387 e. The molecule has 7 heteroatoms. The summed E-state index contributed by atoms with van der Waals surface area (Å²) in [5.41, 5.74) is 0.322. The first-order valence-electron chi connectivity index (χ1n) is 7.24. The van der Waals surface area contributed by atoms with Gasteiger partial charge in [-0.05, 0) is 24.6 Å². The minimum atomic E-state index is -2.91. The van der Waals surface area contributed by atoms with Gasteiger partial charge in [0.25, 0.3) is 5.91 Å². The Morgan fingerprint density at radius 3 is 2.87 bits per heavy atom. The molecule has 0 spiro atoms. The number of nitrogens with zero attached hydrogens (tertiary/aromatic N) is 3. The van der Waals surface area contributed by atoms with Crippen LogP contribution in [0.15, 0.2) is 36.7 Å². The van der Waals surface area contributed by atoms with Crippen LogP contribution in [-0.4, -0.2) is 40.6 Å².